The van der Waals surface area contributed by atoms with Gasteiger partial charge in [-0.15, -0.1) is 0 Å². The van der Waals surface area contributed by atoms with Crippen LogP contribution in [0.5, 0.6) is 5.75 Å². The highest BCUT2D eigenvalue weighted by atomic mass is 16.5. The number of aliphatic hydroxyl groups excluding tert-OH is 1. The summed E-state index contributed by atoms with van der Waals surface area (Å²) in [5, 5.41) is 20.5. The fourth-order valence-corrected chi connectivity index (χ4v) is 3.32. The lowest BCUT2D eigenvalue weighted by Crippen LogP contribution is -2.47. The normalized spacial score (nSPS) is 25.5. The van der Waals surface area contributed by atoms with Crippen LogP contribution in [0.15, 0.2) is 29.3 Å². The van der Waals surface area contributed by atoms with Gasteiger partial charge in [-0.25, -0.2) is 0 Å². The quantitative estimate of drug-likeness (QED) is 0.791. The standard InChI is InChI=1S/C18H18O7/c1-3-24-12(20)7-11-17(22)15-13(8(2)25-11)18(23)14-9(16(15)21)5-4-6-10(14)19/h4-6,8,11,17,19,22H,3,7H2,1-2H3/t8-,11+,17+/m0/s1. The number of ether oxygens (including phenoxy) is 2. The number of Topliss-reactive ketones (excluding diaryl/α,β-unsaturated/α-hetero) is 2. The van der Waals surface area contributed by atoms with Crippen LogP contribution >= 0.6 is 0 Å². The van der Waals surface area contributed by atoms with Crippen molar-refractivity contribution in [3.63, 3.8) is 0 Å². The molecule has 0 saturated heterocycles. The zero-order valence-corrected chi connectivity index (χ0v) is 13.8. The lowest BCUT2D eigenvalue weighted by Gasteiger charge is -2.37. The smallest absolute Gasteiger partial charge is 0.308 e. The van der Waals surface area contributed by atoms with Gasteiger partial charge in [0, 0.05) is 16.7 Å². The summed E-state index contributed by atoms with van der Waals surface area (Å²) in [5.41, 5.74) is -0.104. The molecule has 1 aliphatic carbocycles. The first-order valence-electron chi connectivity index (χ1n) is 8.01. The third-order valence-corrected chi connectivity index (χ3v) is 4.40. The average molecular weight is 346 g/mol. The zero-order chi connectivity index (χ0) is 18.3. The minimum Gasteiger partial charge on any atom is -0.507 e. The zero-order valence-electron chi connectivity index (χ0n) is 13.8. The molecule has 25 heavy (non-hydrogen) atoms. The van der Waals surface area contributed by atoms with Gasteiger partial charge < -0.3 is 19.7 Å². The van der Waals surface area contributed by atoms with Crippen molar-refractivity contribution in [3.8, 4) is 5.75 Å². The van der Waals surface area contributed by atoms with Gasteiger partial charge in [0.15, 0.2) is 11.6 Å². The molecule has 0 saturated carbocycles. The number of ketones is 2. The molecule has 0 unspecified atom stereocenters. The van der Waals surface area contributed by atoms with E-state index in [1.807, 2.05) is 0 Å². The second kappa shape index (κ2) is 6.42. The second-order valence-corrected chi connectivity index (χ2v) is 5.96. The predicted octanol–water partition coefficient (Wildman–Crippen LogP) is 1.17. The van der Waals surface area contributed by atoms with Crippen molar-refractivity contribution in [2.45, 2.75) is 38.6 Å². The van der Waals surface area contributed by atoms with E-state index in [0.29, 0.717) is 0 Å². The molecule has 0 fully saturated rings. The predicted molar refractivity (Wildman–Crippen MR) is 85.4 cm³/mol. The van der Waals surface area contributed by atoms with Gasteiger partial charge in [-0.05, 0) is 19.9 Å². The molecule has 3 atom stereocenters. The Bertz CT molecular complexity index is 793. The summed E-state index contributed by atoms with van der Waals surface area (Å²) in [4.78, 5) is 37.3. The molecule has 0 radical (unpaired) electrons. The lowest BCUT2D eigenvalue weighted by atomic mass is 9.77. The molecular formula is C18H18O7. The fraction of sp³-hybridized carbons (Fsp3) is 0.389. The summed E-state index contributed by atoms with van der Waals surface area (Å²) in [6.07, 6.45) is -3.45. The Morgan fingerprint density at radius 3 is 2.64 bits per heavy atom. The van der Waals surface area contributed by atoms with Gasteiger partial charge in [0.25, 0.3) is 0 Å². The number of hydrogen-bond acceptors (Lipinski definition) is 7. The van der Waals surface area contributed by atoms with E-state index in [2.05, 4.69) is 0 Å². The summed E-state index contributed by atoms with van der Waals surface area (Å²) in [7, 11) is 0. The Morgan fingerprint density at radius 2 is 1.96 bits per heavy atom. The number of benzene rings is 1. The van der Waals surface area contributed by atoms with Crippen LogP contribution in [0.2, 0.25) is 0 Å². The Hall–Kier alpha value is -2.51. The van der Waals surface area contributed by atoms with E-state index in [0.717, 1.165) is 0 Å². The van der Waals surface area contributed by atoms with Gasteiger partial charge in [0.05, 0.1) is 30.8 Å². The molecule has 1 aromatic rings. The third-order valence-electron chi connectivity index (χ3n) is 4.40. The highest BCUT2D eigenvalue weighted by Gasteiger charge is 2.46. The highest BCUT2D eigenvalue weighted by molar-refractivity contribution is 6.28. The van der Waals surface area contributed by atoms with Crippen LogP contribution in [-0.2, 0) is 14.3 Å². The molecule has 1 heterocycles. The van der Waals surface area contributed by atoms with Crippen LogP contribution in [0.1, 0.15) is 41.0 Å². The first-order chi connectivity index (χ1) is 11.9. The minimum atomic E-state index is -1.43. The lowest BCUT2D eigenvalue weighted by molar-refractivity contribution is -0.150. The van der Waals surface area contributed by atoms with Crippen molar-refractivity contribution in [3.05, 3.63) is 40.5 Å². The molecule has 1 aliphatic heterocycles. The minimum absolute atomic E-state index is 0.0200. The van der Waals surface area contributed by atoms with Gasteiger partial charge in [0.2, 0.25) is 0 Å². The Labute approximate surface area is 143 Å². The number of fused-ring (bicyclic) bond motifs is 1. The van der Waals surface area contributed by atoms with Crippen LogP contribution in [-0.4, -0.2) is 52.7 Å². The van der Waals surface area contributed by atoms with E-state index >= 15 is 0 Å². The molecule has 0 aromatic heterocycles. The van der Waals surface area contributed by atoms with Gasteiger partial charge in [-0.3, -0.25) is 14.4 Å². The molecule has 0 bridgehead atoms. The van der Waals surface area contributed by atoms with Crippen LogP contribution in [0.4, 0.5) is 0 Å². The van der Waals surface area contributed by atoms with Crippen LogP contribution in [0.3, 0.4) is 0 Å². The van der Waals surface area contributed by atoms with Gasteiger partial charge >= 0.3 is 5.97 Å². The molecule has 3 rings (SSSR count). The molecular weight excluding hydrogens is 328 g/mol. The summed E-state index contributed by atoms with van der Waals surface area (Å²) < 4.78 is 10.4. The number of rotatable bonds is 3. The maximum absolute atomic E-state index is 12.8. The van der Waals surface area contributed by atoms with E-state index in [4.69, 9.17) is 9.47 Å². The number of phenols is 1. The number of carbonyl (C=O) groups excluding carboxylic acids is 3. The summed E-state index contributed by atoms with van der Waals surface area (Å²) >= 11 is 0. The largest absolute Gasteiger partial charge is 0.507 e. The number of phenolic OH excluding ortho intramolecular Hbond substituents is 1. The van der Waals surface area contributed by atoms with Crippen molar-refractivity contribution in [2.75, 3.05) is 6.61 Å². The number of aliphatic hydroxyl groups is 1. The van der Waals surface area contributed by atoms with Crippen molar-refractivity contribution in [1.29, 1.82) is 0 Å². The van der Waals surface area contributed by atoms with Crippen LogP contribution < -0.4 is 0 Å². The first-order valence-corrected chi connectivity index (χ1v) is 8.01. The SMILES string of the molecule is CCOC(=O)C[C@H]1O[C@@H](C)C2=C(C(=O)c3cccc(O)c3C2=O)[C@@H]1O. The van der Waals surface area contributed by atoms with Crippen molar-refractivity contribution in [2.24, 2.45) is 0 Å². The number of aromatic hydroxyl groups is 1. The second-order valence-electron chi connectivity index (χ2n) is 5.96. The van der Waals surface area contributed by atoms with Crippen molar-refractivity contribution in [1.82, 2.24) is 0 Å². The molecule has 0 spiro atoms. The van der Waals surface area contributed by atoms with Crippen LogP contribution in [0.25, 0.3) is 0 Å². The first kappa shape index (κ1) is 17.3. The molecule has 7 heteroatoms. The van der Waals surface area contributed by atoms with Gasteiger partial charge in [-0.1, -0.05) is 12.1 Å². The molecule has 2 N–H and O–H groups in total. The number of carbonyl (C=O) groups is 3. The van der Waals surface area contributed by atoms with Gasteiger partial charge in [-0.2, -0.15) is 0 Å². The van der Waals surface area contributed by atoms with Crippen LogP contribution in [0, 0.1) is 0 Å². The topological polar surface area (TPSA) is 110 Å². The highest BCUT2D eigenvalue weighted by Crippen LogP contribution is 2.39. The fourth-order valence-electron chi connectivity index (χ4n) is 3.32. The summed E-state index contributed by atoms with van der Waals surface area (Å²) in [5.74, 6) is -1.95. The molecule has 1 aromatic carbocycles. The van der Waals surface area contributed by atoms with E-state index in [1.165, 1.54) is 18.2 Å². The van der Waals surface area contributed by atoms with Gasteiger partial charge in [0.1, 0.15) is 11.9 Å². The molecule has 2 aliphatic rings. The van der Waals surface area contributed by atoms with E-state index in [1.54, 1.807) is 13.8 Å². The third kappa shape index (κ3) is 2.75. The average Bonchev–Trinajstić information content (AvgIpc) is 2.55. The Kier molecular flexibility index (Phi) is 4.45. The van der Waals surface area contributed by atoms with Crippen molar-refractivity contribution < 1.29 is 34.1 Å². The van der Waals surface area contributed by atoms with Crippen molar-refractivity contribution >= 4 is 17.5 Å². The summed E-state index contributed by atoms with van der Waals surface area (Å²) in [6, 6.07) is 4.20. The number of hydrogen-bond donors (Lipinski definition) is 2. The monoisotopic (exact) mass is 346 g/mol. The Morgan fingerprint density at radius 1 is 1.24 bits per heavy atom. The molecule has 7 nitrogen and oxygen atoms in total. The maximum atomic E-state index is 12.8. The van der Waals surface area contributed by atoms with E-state index in [-0.39, 0.29) is 41.1 Å². The van der Waals surface area contributed by atoms with E-state index < -0.39 is 35.8 Å². The Balaban J connectivity index is 2.02. The van der Waals surface area contributed by atoms with E-state index in [9.17, 15) is 24.6 Å². The molecule has 0 amide bonds. The summed E-state index contributed by atoms with van der Waals surface area (Å²) in [6.45, 7) is 3.41. The number of esters is 1. The maximum Gasteiger partial charge on any atom is 0.308 e. The molecule has 132 valence electrons.